The molecule has 12 heteroatoms. The summed E-state index contributed by atoms with van der Waals surface area (Å²) in [7, 11) is 1.54. The van der Waals surface area contributed by atoms with E-state index in [0.29, 0.717) is 65.6 Å². The topological polar surface area (TPSA) is 112 Å². The summed E-state index contributed by atoms with van der Waals surface area (Å²) in [5.41, 5.74) is 3.33. The normalized spacial score (nSPS) is 14.3. The van der Waals surface area contributed by atoms with Crippen LogP contribution in [0.5, 0.6) is 17.2 Å². The number of carbonyl (C=O) groups is 1. The van der Waals surface area contributed by atoms with E-state index in [1.165, 1.54) is 23.0 Å². The number of nitriles is 1. The number of nitrogens with zero attached hydrogens (tertiary/aromatic N) is 3. The highest BCUT2D eigenvalue weighted by atomic mass is 79.9. The second kappa shape index (κ2) is 14.5. The molecule has 0 fully saturated rings. The molecule has 1 aromatic heterocycles. The van der Waals surface area contributed by atoms with Gasteiger partial charge in [0.1, 0.15) is 12.4 Å². The molecule has 4 aromatic rings. The zero-order chi connectivity index (χ0) is 33.0. The number of fused-ring (bicyclic) bond motifs is 1. The average Bonchev–Trinajstić information content (AvgIpc) is 3.34. The molecule has 0 bridgehead atoms. The van der Waals surface area contributed by atoms with Gasteiger partial charge >= 0.3 is 5.97 Å². The molecular weight excluding hydrogens is 738 g/mol. The lowest BCUT2D eigenvalue weighted by molar-refractivity contribution is -0.139. The van der Waals surface area contributed by atoms with Crippen LogP contribution in [-0.4, -0.2) is 30.9 Å². The Hall–Kier alpha value is -4.18. The molecule has 0 saturated carbocycles. The quantitative estimate of drug-likeness (QED) is 0.177. The third kappa shape index (κ3) is 6.82. The van der Waals surface area contributed by atoms with Gasteiger partial charge in [-0.15, -0.1) is 0 Å². The van der Waals surface area contributed by atoms with Gasteiger partial charge in [-0.1, -0.05) is 45.5 Å². The number of thiazole rings is 1. The molecule has 1 aliphatic rings. The minimum Gasteiger partial charge on any atom is -0.493 e. The van der Waals surface area contributed by atoms with Crippen molar-refractivity contribution in [1.82, 2.24) is 4.57 Å². The lowest BCUT2D eigenvalue weighted by Crippen LogP contribution is -2.40. The van der Waals surface area contributed by atoms with Gasteiger partial charge in [0, 0.05) is 4.47 Å². The molecule has 0 radical (unpaired) electrons. The van der Waals surface area contributed by atoms with Crippen LogP contribution in [0.1, 0.15) is 49.1 Å². The van der Waals surface area contributed by atoms with Gasteiger partial charge < -0.3 is 18.9 Å². The van der Waals surface area contributed by atoms with Crippen molar-refractivity contribution in [2.75, 3.05) is 20.3 Å². The molecule has 9 nitrogen and oxygen atoms in total. The molecule has 0 unspecified atom stereocenters. The molecule has 1 aliphatic heterocycles. The van der Waals surface area contributed by atoms with Crippen LogP contribution in [0.25, 0.3) is 6.08 Å². The summed E-state index contributed by atoms with van der Waals surface area (Å²) in [6.07, 6.45) is 1.78. The number of esters is 1. The number of methoxy groups -OCH3 is 1. The Balaban J connectivity index is 1.55. The molecule has 46 heavy (non-hydrogen) atoms. The van der Waals surface area contributed by atoms with Crippen molar-refractivity contribution < 1.29 is 23.7 Å². The molecule has 236 valence electrons. The Kier molecular flexibility index (Phi) is 10.5. The second-order valence-corrected chi connectivity index (χ2v) is 12.8. The second-order valence-electron chi connectivity index (χ2n) is 10.0. The summed E-state index contributed by atoms with van der Waals surface area (Å²) in [5.74, 6) is 1.07. The van der Waals surface area contributed by atoms with Crippen molar-refractivity contribution in [3.63, 3.8) is 0 Å². The lowest BCUT2D eigenvalue weighted by Gasteiger charge is -2.26. The zero-order valence-corrected chi connectivity index (χ0v) is 29.4. The number of carbonyl (C=O) groups excluding carboxylic acids is 1. The van der Waals surface area contributed by atoms with E-state index in [4.69, 9.17) is 24.2 Å². The van der Waals surface area contributed by atoms with Crippen molar-refractivity contribution in [3.05, 3.63) is 117 Å². The summed E-state index contributed by atoms with van der Waals surface area (Å²) in [6, 6.07) is 17.6. The van der Waals surface area contributed by atoms with Crippen LogP contribution in [0.3, 0.4) is 0 Å². The maximum Gasteiger partial charge on any atom is 0.338 e. The van der Waals surface area contributed by atoms with E-state index in [2.05, 4.69) is 42.9 Å². The van der Waals surface area contributed by atoms with Crippen LogP contribution in [-0.2, 0) is 16.1 Å². The van der Waals surface area contributed by atoms with E-state index in [1.54, 1.807) is 44.2 Å². The Morgan fingerprint density at radius 1 is 1.02 bits per heavy atom. The Labute approximate surface area is 286 Å². The number of benzene rings is 3. The molecule has 0 spiro atoms. The Morgan fingerprint density at radius 3 is 2.43 bits per heavy atom. The van der Waals surface area contributed by atoms with Gasteiger partial charge in [-0.25, -0.2) is 9.79 Å². The van der Waals surface area contributed by atoms with Crippen molar-refractivity contribution in [3.8, 4) is 23.3 Å². The monoisotopic (exact) mass is 765 g/mol. The molecule has 0 N–H and O–H groups in total. The Bertz CT molecular complexity index is 2060. The summed E-state index contributed by atoms with van der Waals surface area (Å²) >= 11 is 8.47. The van der Waals surface area contributed by atoms with E-state index in [0.717, 1.165) is 11.1 Å². The predicted octanol–water partition coefficient (Wildman–Crippen LogP) is 6.18. The van der Waals surface area contributed by atoms with Gasteiger partial charge in [0.15, 0.2) is 16.3 Å². The molecule has 0 saturated heterocycles. The third-order valence-corrected chi connectivity index (χ3v) is 9.41. The first kappa shape index (κ1) is 33.2. The number of hydrogen-bond donors (Lipinski definition) is 0. The minimum atomic E-state index is -0.832. The van der Waals surface area contributed by atoms with Crippen LogP contribution < -0.4 is 29.1 Å². The molecule has 2 heterocycles. The Morgan fingerprint density at radius 2 is 1.78 bits per heavy atom. The van der Waals surface area contributed by atoms with Gasteiger partial charge in [-0.3, -0.25) is 9.36 Å². The largest absolute Gasteiger partial charge is 0.493 e. The summed E-state index contributed by atoms with van der Waals surface area (Å²) in [6.45, 7) is 6.28. The highest BCUT2D eigenvalue weighted by Crippen LogP contribution is 2.41. The number of ether oxygens (including phenoxy) is 4. The van der Waals surface area contributed by atoms with Crippen LogP contribution in [0.2, 0.25) is 0 Å². The summed E-state index contributed by atoms with van der Waals surface area (Å²) < 4.78 is 26.1. The fourth-order valence-electron chi connectivity index (χ4n) is 4.99. The standard InChI is InChI=1S/C34H29Br2N3O6S/c1-5-43-28-16-24(35)23(15-27(28)42-4)31-30(33(41)44-6-2)19(3)38-34-39(31)32(40)29(46-34)14-22-11-12-26(25(36)13-22)45-18-21-9-7-20(17-37)8-10-21/h7-16,31H,5-6,18H2,1-4H3/b29-14+/t31-/m0/s1. The first-order valence-corrected chi connectivity index (χ1v) is 16.7. The summed E-state index contributed by atoms with van der Waals surface area (Å²) in [4.78, 5) is 32.6. The van der Waals surface area contributed by atoms with Crippen molar-refractivity contribution in [1.29, 1.82) is 5.26 Å². The third-order valence-electron chi connectivity index (χ3n) is 7.13. The zero-order valence-electron chi connectivity index (χ0n) is 25.4. The maximum atomic E-state index is 14.1. The van der Waals surface area contributed by atoms with E-state index in [1.807, 2.05) is 37.3 Å². The van der Waals surface area contributed by atoms with Crippen LogP contribution in [0, 0.1) is 11.3 Å². The van der Waals surface area contributed by atoms with Gasteiger partial charge in [0.25, 0.3) is 5.56 Å². The van der Waals surface area contributed by atoms with Gasteiger partial charge in [-0.05, 0) is 95.9 Å². The van der Waals surface area contributed by atoms with Gasteiger partial charge in [0.2, 0.25) is 0 Å². The minimum absolute atomic E-state index is 0.169. The number of allylic oxidation sites excluding steroid dienone is 1. The van der Waals surface area contributed by atoms with Crippen molar-refractivity contribution in [2.24, 2.45) is 4.99 Å². The molecule has 0 aliphatic carbocycles. The maximum absolute atomic E-state index is 14.1. The summed E-state index contributed by atoms with van der Waals surface area (Å²) in [5, 5.41) is 9.01. The SMILES string of the molecule is CCOC(=O)C1=C(C)N=c2s/c(=C/c3ccc(OCc4ccc(C#N)cc4)c(Br)c3)c(=O)n2[C@H]1c1cc(OC)c(OCC)cc1Br. The first-order chi connectivity index (χ1) is 22.2. The predicted molar refractivity (Wildman–Crippen MR) is 182 cm³/mol. The number of hydrogen-bond acceptors (Lipinski definition) is 9. The first-order valence-electron chi connectivity index (χ1n) is 14.3. The van der Waals surface area contributed by atoms with Crippen molar-refractivity contribution >= 4 is 55.2 Å². The van der Waals surface area contributed by atoms with Crippen LogP contribution in [0.15, 0.2) is 84.6 Å². The van der Waals surface area contributed by atoms with Gasteiger partial charge in [0.05, 0.1) is 58.3 Å². The molecule has 1 atom stereocenters. The number of rotatable bonds is 10. The van der Waals surface area contributed by atoms with Crippen molar-refractivity contribution in [2.45, 2.75) is 33.4 Å². The van der Waals surface area contributed by atoms with E-state index in [9.17, 15) is 9.59 Å². The number of halogens is 2. The van der Waals surface area contributed by atoms with E-state index >= 15 is 0 Å². The van der Waals surface area contributed by atoms with E-state index in [-0.39, 0.29) is 17.7 Å². The number of aromatic nitrogens is 1. The molecular formula is C34H29Br2N3O6S. The molecule has 0 amide bonds. The van der Waals surface area contributed by atoms with Crippen LogP contribution in [0.4, 0.5) is 0 Å². The molecule has 3 aromatic carbocycles. The lowest BCUT2D eigenvalue weighted by atomic mass is 9.95. The van der Waals surface area contributed by atoms with Crippen LogP contribution >= 0.6 is 43.2 Å². The average molecular weight is 767 g/mol. The molecule has 5 rings (SSSR count). The highest BCUT2D eigenvalue weighted by Gasteiger charge is 2.35. The van der Waals surface area contributed by atoms with E-state index < -0.39 is 12.0 Å². The fourth-order valence-corrected chi connectivity index (χ4v) is 7.08. The van der Waals surface area contributed by atoms with Gasteiger partial charge in [-0.2, -0.15) is 5.26 Å². The highest BCUT2D eigenvalue weighted by molar-refractivity contribution is 9.10. The fraction of sp³-hybridized carbons (Fsp3) is 0.235. The smallest absolute Gasteiger partial charge is 0.338 e.